The lowest BCUT2D eigenvalue weighted by Crippen LogP contribution is -2.41. The third-order valence-electron chi connectivity index (χ3n) is 5.40. The monoisotopic (exact) mass is 332 g/mol. The molecule has 0 amide bonds. The van der Waals surface area contributed by atoms with Crippen LogP contribution < -0.4 is 5.46 Å². The zero-order chi connectivity index (χ0) is 17.4. The Morgan fingerprint density at radius 1 is 0.958 bits per heavy atom. The molecule has 4 nitrogen and oxygen atoms in total. The van der Waals surface area contributed by atoms with Crippen LogP contribution in [0.5, 0.6) is 0 Å². The molecule has 0 bridgehead atoms. The van der Waals surface area contributed by atoms with Crippen LogP contribution in [0.3, 0.4) is 0 Å². The molecule has 0 N–H and O–H groups in total. The maximum atomic E-state index is 6.09. The summed E-state index contributed by atoms with van der Waals surface area (Å²) in [5, 5.41) is 0. The number of ether oxygens (including phenoxy) is 2. The average molecular weight is 332 g/mol. The van der Waals surface area contributed by atoms with Gasteiger partial charge in [0, 0.05) is 11.5 Å². The molecule has 2 fully saturated rings. The Balaban J connectivity index is 1.63. The Labute approximate surface area is 146 Å². The summed E-state index contributed by atoms with van der Waals surface area (Å²) in [5.41, 5.74) is 1.43. The molecule has 0 saturated carbocycles. The highest BCUT2D eigenvalue weighted by atomic mass is 16.7. The van der Waals surface area contributed by atoms with Crippen molar-refractivity contribution in [2.24, 2.45) is 5.92 Å². The molecule has 2 saturated heterocycles. The first-order valence-electron chi connectivity index (χ1n) is 9.01. The van der Waals surface area contributed by atoms with Crippen molar-refractivity contribution in [3.63, 3.8) is 0 Å². The van der Waals surface area contributed by atoms with E-state index in [2.05, 4.69) is 34.6 Å². The Morgan fingerprint density at radius 2 is 1.50 bits per heavy atom. The number of rotatable bonds is 4. The molecule has 0 unspecified atom stereocenters. The van der Waals surface area contributed by atoms with E-state index in [0.717, 1.165) is 30.7 Å². The number of benzene rings is 1. The van der Waals surface area contributed by atoms with Gasteiger partial charge in [-0.05, 0) is 39.6 Å². The largest absolute Gasteiger partial charge is 0.494 e. The second kappa shape index (κ2) is 6.79. The van der Waals surface area contributed by atoms with Gasteiger partial charge in [0.2, 0.25) is 0 Å². The van der Waals surface area contributed by atoms with Gasteiger partial charge in [-0.15, -0.1) is 0 Å². The van der Waals surface area contributed by atoms with Gasteiger partial charge in [-0.25, -0.2) is 0 Å². The molecule has 0 atom stereocenters. The highest BCUT2D eigenvalue weighted by molar-refractivity contribution is 6.62. The van der Waals surface area contributed by atoms with Crippen molar-refractivity contribution in [1.29, 1.82) is 0 Å². The van der Waals surface area contributed by atoms with E-state index >= 15 is 0 Å². The van der Waals surface area contributed by atoms with Crippen molar-refractivity contribution >= 4 is 12.6 Å². The first-order chi connectivity index (χ1) is 11.3. The summed E-state index contributed by atoms with van der Waals surface area (Å²) in [7, 11) is -0.328. The Morgan fingerprint density at radius 3 is 2.00 bits per heavy atom. The predicted molar refractivity (Wildman–Crippen MR) is 95.2 cm³/mol. The van der Waals surface area contributed by atoms with Crippen LogP contribution in [0.1, 0.15) is 59.3 Å². The average Bonchev–Trinajstić information content (AvgIpc) is 2.77. The highest BCUT2D eigenvalue weighted by Crippen LogP contribution is 2.36. The lowest BCUT2D eigenvalue weighted by atomic mass is 9.79. The SMILES string of the molecule is CCCC1COC(c2ccc(B3OC(C)(C)C(C)(C)O3)cc2)OC1. The van der Waals surface area contributed by atoms with Crippen molar-refractivity contribution in [3.8, 4) is 0 Å². The minimum Gasteiger partial charge on any atom is -0.399 e. The third kappa shape index (κ3) is 3.55. The van der Waals surface area contributed by atoms with E-state index in [1.54, 1.807) is 0 Å². The first kappa shape index (κ1) is 17.9. The van der Waals surface area contributed by atoms with Gasteiger partial charge in [0.05, 0.1) is 24.4 Å². The minimum atomic E-state index is -0.328. The van der Waals surface area contributed by atoms with Gasteiger partial charge >= 0.3 is 7.12 Å². The van der Waals surface area contributed by atoms with Crippen molar-refractivity contribution in [1.82, 2.24) is 0 Å². The molecule has 2 heterocycles. The second-order valence-electron chi connectivity index (χ2n) is 7.91. The molecule has 132 valence electrons. The summed E-state index contributed by atoms with van der Waals surface area (Å²) in [6.07, 6.45) is 2.07. The standard InChI is InChI=1S/C19H29BO4/c1-6-7-14-12-21-17(22-13-14)15-8-10-16(11-9-15)20-23-18(2,3)19(4,5)24-20/h8-11,14,17H,6-7,12-13H2,1-5H3. The third-order valence-corrected chi connectivity index (χ3v) is 5.40. The van der Waals surface area contributed by atoms with E-state index < -0.39 is 0 Å². The quantitative estimate of drug-likeness (QED) is 0.792. The molecule has 0 spiro atoms. The van der Waals surface area contributed by atoms with Crippen molar-refractivity contribution in [2.45, 2.75) is 65.0 Å². The van der Waals surface area contributed by atoms with E-state index in [0.29, 0.717) is 5.92 Å². The number of hydrogen-bond acceptors (Lipinski definition) is 4. The number of hydrogen-bond donors (Lipinski definition) is 0. The van der Waals surface area contributed by atoms with Crippen LogP contribution in [0, 0.1) is 5.92 Å². The fraction of sp³-hybridized carbons (Fsp3) is 0.684. The Bertz CT molecular complexity index is 531. The van der Waals surface area contributed by atoms with E-state index in [1.165, 1.54) is 6.42 Å². The van der Waals surface area contributed by atoms with Gasteiger partial charge in [-0.2, -0.15) is 0 Å². The van der Waals surface area contributed by atoms with Gasteiger partial charge in [0.15, 0.2) is 6.29 Å². The van der Waals surface area contributed by atoms with Gasteiger partial charge in [0.1, 0.15) is 0 Å². The van der Waals surface area contributed by atoms with E-state index in [4.69, 9.17) is 18.8 Å². The normalized spacial score (nSPS) is 29.0. The maximum absolute atomic E-state index is 6.09. The van der Waals surface area contributed by atoms with Crippen LogP contribution in [0.25, 0.3) is 0 Å². The lowest BCUT2D eigenvalue weighted by Gasteiger charge is -2.32. The minimum absolute atomic E-state index is 0.259. The molecule has 3 rings (SSSR count). The molecule has 1 aromatic rings. The van der Waals surface area contributed by atoms with Crippen molar-refractivity contribution < 1.29 is 18.8 Å². The molecule has 2 aliphatic heterocycles. The van der Waals surface area contributed by atoms with Crippen LogP contribution >= 0.6 is 0 Å². The fourth-order valence-electron chi connectivity index (χ4n) is 3.10. The molecule has 24 heavy (non-hydrogen) atoms. The predicted octanol–water partition coefficient (Wildman–Crippen LogP) is 3.45. The summed E-state index contributed by atoms with van der Waals surface area (Å²) in [6, 6.07) is 8.18. The molecular weight excluding hydrogens is 303 g/mol. The molecule has 0 aliphatic carbocycles. The molecule has 2 aliphatic rings. The van der Waals surface area contributed by atoms with Gasteiger partial charge < -0.3 is 18.8 Å². The lowest BCUT2D eigenvalue weighted by molar-refractivity contribution is -0.206. The Kier molecular flexibility index (Phi) is 5.08. The molecule has 5 heteroatoms. The van der Waals surface area contributed by atoms with Crippen LogP contribution in [0.2, 0.25) is 0 Å². The summed E-state index contributed by atoms with van der Waals surface area (Å²) in [5.74, 6) is 0.523. The van der Waals surface area contributed by atoms with Crippen molar-refractivity contribution in [3.05, 3.63) is 29.8 Å². The van der Waals surface area contributed by atoms with Crippen LogP contribution in [-0.2, 0) is 18.8 Å². The Hall–Kier alpha value is -0.875. The zero-order valence-electron chi connectivity index (χ0n) is 15.5. The van der Waals surface area contributed by atoms with Gasteiger partial charge in [-0.3, -0.25) is 0 Å². The molecule has 1 aromatic carbocycles. The van der Waals surface area contributed by atoms with Gasteiger partial charge in [0.25, 0.3) is 0 Å². The topological polar surface area (TPSA) is 36.9 Å². The fourth-order valence-corrected chi connectivity index (χ4v) is 3.10. The van der Waals surface area contributed by atoms with Crippen LogP contribution in [-0.4, -0.2) is 31.5 Å². The summed E-state index contributed by atoms with van der Waals surface area (Å²) in [6.45, 7) is 12.0. The van der Waals surface area contributed by atoms with Gasteiger partial charge in [-0.1, -0.05) is 37.6 Å². The maximum Gasteiger partial charge on any atom is 0.494 e. The first-order valence-corrected chi connectivity index (χ1v) is 9.01. The van der Waals surface area contributed by atoms with Crippen molar-refractivity contribution in [2.75, 3.05) is 13.2 Å². The zero-order valence-corrected chi connectivity index (χ0v) is 15.5. The molecule has 0 radical (unpaired) electrons. The molecule has 0 aromatic heterocycles. The summed E-state index contributed by atoms with van der Waals surface area (Å²) >= 11 is 0. The van der Waals surface area contributed by atoms with E-state index in [1.807, 2.05) is 24.3 Å². The highest BCUT2D eigenvalue weighted by Gasteiger charge is 2.51. The summed E-state index contributed by atoms with van der Waals surface area (Å²) in [4.78, 5) is 0. The van der Waals surface area contributed by atoms with E-state index in [9.17, 15) is 0 Å². The molecular formula is C19H29BO4. The second-order valence-corrected chi connectivity index (χ2v) is 7.91. The van der Waals surface area contributed by atoms with E-state index in [-0.39, 0.29) is 24.6 Å². The van der Waals surface area contributed by atoms with Crippen LogP contribution in [0.4, 0.5) is 0 Å². The smallest absolute Gasteiger partial charge is 0.399 e. The van der Waals surface area contributed by atoms with Crippen LogP contribution in [0.15, 0.2) is 24.3 Å². The summed E-state index contributed by atoms with van der Waals surface area (Å²) < 4.78 is 23.9.